The summed E-state index contributed by atoms with van der Waals surface area (Å²) in [5.41, 5.74) is 1.26. The number of hydrogen-bond acceptors (Lipinski definition) is 4. The minimum absolute atomic E-state index is 0.0417. The summed E-state index contributed by atoms with van der Waals surface area (Å²) in [6.07, 6.45) is 0. The maximum absolute atomic E-state index is 10.9. The summed E-state index contributed by atoms with van der Waals surface area (Å²) < 4.78 is 10.1. The Morgan fingerprint density at radius 2 is 1.87 bits per heavy atom. The average molecular weight is 211 g/mol. The molecule has 5 nitrogen and oxygen atoms in total. The van der Waals surface area contributed by atoms with E-state index in [4.69, 9.17) is 9.47 Å². The first-order chi connectivity index (χ1) is 7.02. The predicted molar refractivity (Wildman–Crippen MR) is 55.7 cm³/mol. The molecule has 0 amide bonds. The lowest BCUT2D eigenvalue weighted by molar-refractivity contribution is -0.386. The van der Waals surface area contributed by atoms with Gasteiger partial charge in [-0.3, -0.25) is 10.1 Å². The Morgan fingerprint density at radius 1 is 1.27 bits per heavy atom. The molecule has 0 aliphatic carbocycles. The van der Waals surface area contributed by atoms with Crippen LogP contribution in [0.5, 0.6) is 11.5 Å². The van der Waals surface area contributed by atoms with Gasteiger partial charge < -0.3 is 9.47 Å². The summed E-state index contributed by atoms with van der Waals surface area (Å²) in [5, 5.41) is 10.9. The highest BCUT2D eigenvalue weighted by Gasteiger charge is 2.23. The van der Waals surface area contributed by atoms with Crippen LogP contribution in [0.2, 0.25) is 0 Å². The number of nitrogens with zero attached hydrogens (tertiary/aromatic N) is 1. The summed E-state index contributed by atoms with van der Waals surface area (Å²) >= 11 is 0. The fourth-order valence-corrected chi connectivity index (χ4v) is 1.62. The maximum Gasteiger partial charge on any atom is 0.317 e. The Balaban J connectivity index is 3.53. The highest BCUT2D eigenvalue weighted by atomic mass is 16.6. The van der Waals surface area contributed by atoms with Gasteiger partial charge in [0, 0.05) is 0 Å². The first-order valence-corrected chi connectivity index (χ1v) is 4.39. The summed E-state index contributed by atoms with van der Waals surface area (Å²) in [5.74, 6) is 0.790. The van der Waals surface area contributed by atoms with E-state index < -0.39 is 4.92 Å². The molecule has 1 aromatic rings. The molecule has 0 aliphatic rings. The number of ether oxygens (including phenoxy) is 2. The van der Waals surface area contributed by atoms with Gasteiger partial charge in [0.15, 0.2) is 5.75 Å². The third-order valence-corrected chi connectivity index (χ3v) is 2.24. The molecule has 0 N–H and O–H groups in total. The van der Waals surface area contributed by atoms with Gasteiger partial charge in [0.1, 0.15) is 5.75 Å². The van der Waals surface area contributed by atoms with Crippen molar-refractivity contribution in [2.45, 2.75) is 13.8 Å². The van der Waals surface area contributed by atoms with Gasteiger partial charge in [0.05, 0.1) is 24.7 Å². The predicted octanol–water partition coefficient (Wildman–Crippen LogP) is 2.23. The zero-order valence-corrected chi connectivity index (χ0v) is 9.16. The van der Waals surface area contributed by atoms with E-state index in [2.05, 4.69) is 0 Å². The molecule has 0 aliphatic heterocycles. The number of nitro benzene ring substituents is 1. The molecule has 0 fully saturated rings. The van der Waals surface area contributed by atoms with Gasteiger partial charge in [-0.2, -0.15) is 0 Å². The molecule has 0 unspecified atom stereocenters. The van der Waals surface area contributed by atoms with Crippen LogP contribution in [0.25, 0.3) is 0 Å². The molecule has 1 rings (SSSR count). The number of hydrogen-bond donors (Lipinski definition) is 0. The molecule has 0 aromatic heterocycles. The van der Waals surface area contributed by atoms with Gasteiger partial charge in [-0.25, -0.2) is 0 Å². The topological polar surface area (TPSA) is 61.6 Å². The average Bonchev–Trinajstić information content (AvgIpc) is 2.16. The van der Waals surface area contributed by atoms with Crippen LogP contribution in [0.1, 0.15) is 11.1 Å². The van der Waals surface area contributed by atoms with E-state index in [0.29, 0.717) is 11.3 Å². The molecule has 15 heavy (non-hydrogen) atoms. The van der Waals surface area contributed by atoms with Crippen LogP contribution >= 0.6 is 0 Å². The Labute approximate surface area is 87.8 Å². The van der Waals surface area contributed by atoms with Crippen molar-refractivity contribution in [3.63, 3.8) is 0 Å². The first-order valence-electron chi connectivity index (χ1n) is 4.39. The summed E-state index contributed by atoms with van der Waals surface area (Å²) in [6.45, 7) is 3.46. The second-order valence-corrected chi connectivity index (χ2v) is 3.16. The fourth-order valence-electron chi connectivity index (χ4n) is 1.62. The van der Waals surface area contributed by atoms with Crippen LogP contribution in [0.4, 0.5) is 5.69 Å². The second-order valence-electron chi connectivity index (χ2n) is 3.16. The molecule has 0 saturated heterocycles. The van der Waals surface area contributed by atoms with Crippen molar-refractivity contribution in [1.82, 2.24) is 0 Å². The normalized spacial score (nSPS) is 9.87. The van der Waals surface area contributed by atoms with Gasteiger partial charge >= 0.3 is 5.69 Å². The smallest absolute Gasteiger partial charge is 0.317 e. The van der Waals surface area contributed by atoms with E-state index in [1.54, 1.807) is 13.0 Å². The Hall–Kier alpha value is -1.78. The third kappa shape index (κ3) is 1.86. The number of aryl methyl sites for hydroxylation is 1. The number of methoxy groups -OCH3 is 2. The van der Waals surface area contributed by atoms with Crippen molar-refractivity contribution in [2.75, 3.05) is 14.2 Å². The van der Waals surface area contributed by atoms with Crippen LogP contribution in [0, 0.1) is 24.0 Å². The van der Waals surface area contributed by atoms with Gasteiger partial charge in [-0.15, -0.1) is 0 Å². The zero-order chi connectivity index (χ0) is 11.6. The van der Waals surface area contributed by atoms with Crippen LogP contribution in [0.15, 0.2) is 6.07 Å². The highest BCUT2D eigenvalue weighted by Crippen LogP contribution is 2.38. The van der Waals surface area contributed by atoms with E-state index in [0.717, 1.165) is 5.56 Å². The lowest BCUT2D eigenvalue weighted by atomic mass is 10.1. The lowest BCUT2D eigenvalue weighted by Crippen LogP contribution is -2.00. The van der Waals surface area contributed by atoms with E-state index >= 15 is 0 Å². The largest absolute Gasteiger partial charge is 0.496 e. The quantitative estimate of drug-likeness (QED) is 0.568. The van der Waals surface area contributed by atoms with Crippen LogP contribution < -0.4 is 9.47 Å². The summed E-state index contributed by atoms with van der Waals surface area (Å²) in [4.78, 5) is 10.4. The minimum Gasteiger partial charge on any atom is -0.496 e. The fraction of sp³-hybridized carbons (Fsp3) is 0.400. The number of nitro groups is 1. The molecule has 0 atom stereocenters. The standard InChI is InChI=1S/C10H13NO4/c1-6-5-8(14-3)9(11(12)13)7(2)10(6)15-4/h5H,1-4H3. The van der Waals surface area contributed by atoms with Crippen molar-refractivity contribution < 1.29 is 14.4 Å². The minimum atomic E-state index is -0.462. The Kier molecular flexibility index (Phi) is 3.14. The molecule has 0 heterocycles. The lowest BCUT2D eigenvalue weighted by Gasteiger charge is -2.11. The molecular formula is C10H13NO4. The van der Waals surface area contributed by atoms with Crippen molar-refractivity contribution in [2.24, 2.45) is 0 Å². The molecule has 0 bridgehead atoms. The van der Waals surface area contributed by atoms with E-state index in [1.165, 1.54) is 14.2 Å². The SMILES string of the molecule is COc1cc(C)c(OC)c(C)c1[N+](=O)[O-]. The summed E-state index contributed by atoms with van der Waals surface area (Å²) in [6, 6.07) is 1.60. The molecule has 0 radical (unpaired) electrons. The summed E-state index contributed by atoms with van der Waals surface area (Å²) in [7, 11) is 2.90. The van der Waals surface area contributed by atoms with Crippen LogP contribution in [-0.2, 0) is 0 Å². The van der Waals surface area contributed by atoms with Gasteiger partial charge in [-0.05, 0) is 25.5 Å². The van der Waals surface area contributed by atoms with Gasteiger partial charge in [-0.1, -0.05) is 0 Å². The second kappa shape index (κ2) is 4.16. The zero-order valence-electron chi connectivity index (χ0n) is 9.16. The maximum atomic E-state index is 10.9. The molecular weight excluding hydrogens is 198 g/mol. The number of benzene rings is 1. The molecule has 5 heteroatoms. The van der Waals surface area contributed by atoms with Crippen LogP contribution in [0.3, 0.4) is 0 Å². The third-order valence-electron chi connectivity index (χ3n) is 2.24. The Morgan fingerprint density at radius 3 is 2.27 bits per heavy atom. The van der Waals surface area contributed by atoms with Gasteiger partial charge in [0.25, 0.3) is 0 Å². The first kappa shape index (κ1) is 11.3. The van der Waals surface area contributed by atoms with Crippen molar-refractivity contribution in [3.05, 3.63) is 27.3 Å². The highest BCUT2D eigenvalue weighted by molar-refractivity contribution is 5.61. The van der Waals surface area contributed by atoms with Crippen molar-refractivity contribution in [1.29, 1.82) is 0 Å². The molecule has 1 aromatic carbocycles. The monoisotopic (exact) mass is 211 g/mol. The number of rotatable bonds is 3. The van der Waals surface area contributed by atoms with E-state index in [1.807, 2.05) is 6.92 Å². The van der Waals surface area contributed by atoms with E-state index in [-0.39, 0.29) is 11.4 Å². The molecule has 0 spiro atoms. The van der Waals surface area contributed by atoms with Crippen molar-refractivity contribution in [3.8, 4) is 11.5 Å². The van der Waals surface area contributed by atoms with Gasteiger partial charge in [0.2, 0.25) is 0 Å². The molecule has 0 saturated carbocycles. The van der Waals surface area contributed by atoms with Crippen LogP contribution in [-0.4, -0.2) is 19.1 Å². The molecule has 82 valence electrons. The van der Waals surface area contributed by atoms with Crippen molar-refractivity contribution >= 4 is 5.69 Å². The Bertz CT molecular complexity index is 401. The van der Waals surface area contributed by atoms with E-state index in [9.17, 15) is 10.1 Å².